The Balaban J connectivity index is 2.97. The van der Waals surface area contributed by atoms with Crippen molar-refractivity contribution in [3.05, 3.63) is 33.6 Å². The van der Waals surface area contributed by atoms with E-state index in [4.69, 9.17) is 11.6 Å². The first-order valence-corrected chi connectivity index (χ1v) is 3.48. The van der Waals surface area contributed by atoms with Gasteiger partial charge in [0.1, 0.15) is 5.82 Å². The summed E-state index contributed by atoms with van der Waals surface area (Å²) in [7, 11) is 0. The lowest BCUT2D eigenvalue weighted by Gasteiger charge is -1.93. The van der Waals surface area contributed by atoms with Gasteiger partial charge in [-0.25, -0.2) is 18.7 Å². The van der Waals surface area contributed by atoms with Crippen molar-refractivity contribution in [1.82, 2.24) is 14.6 Å². The average molecular weight is 188 g/mol. The van der Waals surface area contributed by atoms with Gasteiger partial charge in [0.25, 0.3) is 0 Å². The molecule has 0 unspecified atom stereocenters. The van der Waals surface area contributed by atoms with E-state index >= 15 is 0 Å². The second kappa shape index (κ2) is 2.31. The molecule has 0 saturated heterocycles. The Morgan fingerprint density at radius 3 is 3.17 bits per heavy atom. The molecule has 4 nitrogen and oxygen atoms in total. The summed E-state index contributed by atoms with van der Waals surface area (Å²) in [6.45, 7) is 0. The molecule has 1 N–H and O–H groups in total. The van der Waals surface area contributed by atoms with Crippen LogP contribution in [0.2, 0.25) is 5.02 Å². The van der Waals surface area contributed by atoms with Crippen molar-refractivity contribution >= 4 is 17.2 Å². The molecule has 62 valence electrons. The van der Waals surface area contributed by atoms with Crippen LogP contribution >= 0.6 is 11.6 Å². The molecule has 0 aromatic carbocycles. The normalized spacial score (nSPS) is 10.8. The minimum Gasteiger partial charge on any atom is -0.249 e. The Kier molecular flexibility index (Phi) is 1.41. The summed E-state index contributed by atoms with van der Waals surface area (Å²) in [6.07, 6.45) is 1.18. The molecule has 2 aromatic heterocycles. The maximum Gasteiger partial charge on any atom is 0.347 e. The highest BCUT2D eigenvalue weighted by Crippen LogP contribution is 2.13. The van der Waals surface area contributed by atoms with Crippen molar-refractivity contribution in [2.75, 3.05) is 0 Å². The predicted octanol–water partition coefficient (Wildman–Crippen LogP) is 0.815. The third-order valence-electron chi connectivity index (χ3n) is 1.46. The standard InChI is InChI=1S/C6H3ClFN3O/c7-3-2-11-5(1-4(3)8)9-10-6(11)12/h1-2H,(H,10,12). The van der Waals surface area contributed by atoms with Crippen molar-refractivity contribution in [3.63, 3.8) is 0 Å². The van der Waals surface area contributed by atoms with E-state index in [1.54, 1.807) is 0 Å². The molecule has 0 bridgehead atoms. The summed E-state index contributed by atoms with van der Waals surface area (Å²) in [5.41, 5.74) is -0.228. The molecular formula is C6H3ClFN3O. The van der Waals surface area contributed by atoms with E-state index in [0.29, 0.717) is 0 Å². The smallest absolute Gasteiger partial charge is 0.249 e. The molecule has 2 aromatic rings. The van der Waals surface area contributed by atoms with Gasteiger partial charge in [-0.05, 0) is 0 Å². The fourth-order valence-electron chi connectivity index (χ4n) is 0.901. The van der Waals surface area contributed by atoms with Gasteiger partial charge in [0.2, 0.25) is 0 Å². The second-order valence-electron chi connectivity index (χ2n) is 2.23. The largest absolute Gasteiger partial charge is 0.347 e. The summed E-state index contributed by atoms with van der Waals surface area (Å²) >= 11 is 5.44. The number of fused-ring (bicyclic) bond motifs is 1. The van der Waals surface area contributed by atoms with E-state index in [0.717, 1.165) is 10.5 Å². The third-order valence-corrected chi connectivity index (χ3v) is 1.74. The van der Waals surface area contributed by atoms with Crippen LogP contribution in [0.4, 0.5) is 4.39 Å². The Morgan fingerprint density at radius 1 is 1.67 bits per heavy atom. The first-order chi connectivity index (χ1) is 5.68. The molecule has 0 radical (unpaired) electrons. The van der Waals surface area contributed by atoms with Gasteiger partial charge in [0, 0.05) is 12.3 Å². The number of aromatic nitrogens is 3. The molecule has 0 aliphatic heterocycles. The van der Waals surface area contributed by atoms with Crippen LogP contribution in [0, 0.1) is 5.82 Å². The lowest BCUT2D eigenvalue weighted by Crippen LogP contribution is -2.08. The van der Waals surface area contributed by atoms with Gasteiger partial charge in [-0.3, -0.25) is 0 Å². The van der Waals surface area contributed by atoms with E-state index in [9.17, 15) is 9.18 Å². The maximum absolute atomic E-state index is 12.8. The summed E-state index contributed by atoms with van der Waals surface area (Å²) in [5, 5.41) is 5.60. The van der Waals surface area contributed by atoms with Crippen LogP contribution in [-0.4, -0.2) is 14.6 Å². The van der Waals surface area contributed by atoms with Crippen LogP contribution in [0.1, 0.15) is 0 Å². The highest BCUT2D eigenvalue weighted by atomic mass is 35.5. The van der Waals surface area contributed by atoms with Gasteiger partial charge < -0.3 is 0 Å². The van der Waals surface area contributed by atoms with E-state index < -0.39 is 11.5 Å². The monoisotopic (exact) mass is 187 g/mol. The summed E-state index contributed by atoms with van der Waals surface area (Å²) in [4.78, 5) is 10.9. The molecule has 0 spiro atoms. The number of hydrogen-bond donors (Lipinski definition) is 1. The van der Waals surface area contributed by atoms with Crippen LogP contribution in [-0.2, 0) is 0 Å². The SMILES string of the molecule is O=c1[nH]nc2cc(F)c(Cl)cn12. The number of hydrogen-bond acceptors (Lipinski definition) is 2. The van der Waals surface area contributed by atoms with Gasteiger partial charge in [0.15, 0.2) is 5.65 Å². The van der Waals surface area contributed by atoms with Crippen molar-refractivity contribution in [3.8, 4) is 0 Å². The first kappa shape index (κ1) is 7.30. The Morgan fingerprint density at radius 2 is 2.42 bits per heavy atom. The zero-order valence-corrected chi connectivity index (χ0v) is 6.47. The van der Waals surface area contributed by atoms with Crippen LogP contribution in [0.15, 0.2) is 17.1 Å². The topological polar surface area (TPSA) is 50.2 Å². The molecule has 0 fully saturated rings. The van der Waals surface area contributed by atoms with Crippen molar-refractivity contribution in [1.29, 1.82) is 0 Å². The predicted molar refractivity (Wildman–Crippen MR) is 40.8 cm³/mol. The first-order valence-electron chi connectivity index (χ1n) is 3.10. The van der Waals surface area contributed by atoms with Crippen LogP contribution < -0.4 is 5.69 Å². The zero-order valence-electron chi connectivity index (χ0n) is 5.71. The van der Waals surface area contributed by atoms with E-state index in [1.807, 2.05) is 0 Å². The molecule has 0 saturated carbocycles. The van der Waals surface area contributed by atoms with E-state index in [2.05, 4.69) is 10.2 Å². The Labute approximate surface area is 70.6 Å². The number of nitrogens with one attached hydrogen (secondary N) is 1. The van der Waals surface area contributed by atoms with Crippen LogP contribution in [0.25, 0.3) is 5.65 Å². The third kappa shape index (κ3) is 0.902. The van der Waals surface area contributed by atoms with Gasteiger partial charge >= 0.3 is 5.69 Å². The molecule has 0 aliphatic rings. The molecular weight excluding hydrogens is 185 g/mol. The number of aromatic amines is 1. The zero-order chi connectivity index (χ0) is 8.72. The Hall–Kier alpha value is -1.36. The van der Waals surface area contributed by atoms with Gasteiger partial charge in [-0.15, -0.1) is 0 Å². The summed E-state index contributed by atoms with van der Waals surface area (Å²) in [6, 6.07) is 1.08. The van der Waals surface area contributed by atoms with Crippen molar-refractivity contribution in [2.45, 2.75) is 0 Å². The number of halogens is 2. The average Bonchev–Trinajstić information content (AvgIpc) is 2.35. The number of nitrogens with zero attached hydrogens (tertiary/aromatic N) is 2. The minimum atomic E-state index is -0.594. The van der Waals surface area contributed by atoms with Crippen molar-refractivity contribution in [2.24, 2.45) is 0 Å². The number of pyridine rings is 1. The van der Waals surface area contributed by atoms with Crippen LogP contribution in [0.3, 0.4) is 0 Å². The van der Waals surface area contributed by atoms with Gasteiger partial charge in [-0.1, -0.05) is 11.6 Å². The second-order valence-corrected chi connectivity index (χ2v) is 2.63. The lowest BCUT2D eigenvalue weighted by atomic mass is 10.4. The maximum atomic E-state index is 12.8. The highest BCUT2D eigenvalue weighted by molar-refractivity contribution is 6.30. The van der Waals surface area contributed by atoms with E-state index in [1.165, 1.54) is 6.20 Å². The lowest BCUT2D eigenvalue weighted by molar-refractivity contribution is 0.626. The van der Waals surface area contributed by atoms with E-state index in [-0.39, 0.29) is 10.7 Å². The Bertz CT molecular complexity index is 489. The molecule has 0 atom stereocenters. The fraction of sp³-hybridized carbons (Fsp3) is 0. The molecule has 12 heavy (non-hydrogen) atoms. The minimum absolute atomic E-state index is 0.106. The number of H-pyrrole nitrogens is 1. The molecule has 6 heteroatoms. The van der Waals surface area contributed by atoms with Gasteiger partial charge in [0.05, 0.1) is 5.02 Å². The molecule has 2 heterocycles. The summed E-state index contributed by atoms with van der Waals surface area (Å²) in [5.74, 6) is -0.594. The molecule has 0 amide bonds. The summed E-state index contributed by atoms with van der Waals surface area (Å²) < 4.78 is 13.9. The molecule has 2 rings (SSSR count). The molecule has 0 aliphatic carbocycles. The highest BCUT2D eigenvalue weighted by Gasteiger charge is 2.04. The fourth-order valence-corrected chi connectivity index (χ4v) is 1.05. The van der Waals surface area contributed by atoms with Gasteiger partial charge in [-0.2, -0.15) is 5.10 Å². The quantitative estimate of drug-likeness (QED) is 0.664. The van der Waals surface area contributed by atoms with Crippen LogP contribution in [0.5, 0.6) is 0 Å². The number of rotatable bonds is 0. The van der Waals surface area contributed by atoms with Crippen molar-refractivity contribution < 1.29 is 4.39 Å².